The standard InChI is InChI=1S/C21H26FN3OS/c1-14-19(27-21(24-14)16-8-2-3-9-17(16)22)20(26)23-13-15-7-6-12-25-11-5-4-10-18(15)25/h2-3,8-9,15,18H,4-7,10-13H2,1H3,(H,23,26)/t15-,18+/m0/s1. The van der Waals surface area contributed by atoms with Gasteiger partial charge in [0, 0.05) is 18.2 Å². The Hall–Kier alpha value is -1.79. The third-order valence-corrected chi connectivity index (χ3v) is 7.05. The lowest BCUT2D eigenvalue weighted by Crippen LogP contribution is -2.50. The molecule has 0 radical (unpaired) electrons. The minimum Gasteiger partial charge on any atom is -0.351 e. The van der Waals surface area contributed by atoms with Gasteiger partial charge in [0.15, 0.2) is 0 Å². The van der Waals surface area contributed by atoms with E-state index in [-0.39, 0.29) is 11.7 Å². The van der Waals surface area contributed by atoms with Crippen molar-refractivity contribution in [1.82, 2.24) is 15.2 Å². The van der Waals surface area contributed by atoms with Crippen LogP contribution in [0, 0.1) is 18.7 Å². The number of thiazole rings is 1. The molecular weight excluding hydrogens is 361 g/mol. The zero-order valence-electron chi connectivity index (χ0n) is 15.7. The topological polar surface area (TPSA) is 45.2 Å². The molecule has 2 aliphatic heterocycles. The second-order valence-corrected chi connectivity index (χ2v) is 8.62. The Bertz CT molecular complexity index is 820. The predicted molar refractivity (Wildman–Crippen MR) is 107 cm³/mol. The number of hydrogen-bond donors (Lipinski definition) is 1. The third-order valence-electron chi connectivity index (χ3n) is 5.86. The van der Waals surface area contributed by atoms with E-state index in [1.807, 2.05) is 6.92 Å². The van der Waals surface area contributed by atoms with E-state index in [0.717, 1.165) is 0 Å². The molecule has 6 heteroatoms. The summed E-state index contributed by atoms with van der Waals surface area (Å²) in [5, 5.41) is 3.69. The Morgan fingerprint density at radius 3 is 2.93 bits per heavy atom. The Kier molecular flexibility index (Phi) is 5.55. The van der Waals surface area contributed by atoms with E-state index in [0.29, 0.717) is 39.6 Å². The van der Waals surface area contributed by atoms with Crippen LogP contribution in [0.5, 0.6) is 0 Å². The van der Waals surface area contributed by atoms with Crippen molar-refractivity contribution in [2.75, 3.05) is 19.6 Å². The molecule has 2 atom stereocenters. The van der Waals surface area contributed by atoms with Crippen molar-refractivity contribution in [1.29, 1.82) is 0 Å². The minimum absolute atomic E-state index is 0.0828. The number of rotatable bonds is 4. The van der Waals surface area contributed by atoms with Crippen LogP contribution in [0.3, 0.4) is 0 Å². The van der Waals surface area contributed by atoms with Crippen molar-refractivity contribution in [3.05, 3.63) is 40.7 Å². The molecule has 0 aliphatic carbocycles. The van der Waals surface area contributed by atoms with Gasteiger partial charge in [-0.25, -0.2) is 9.37 Å². The Morgan fingerprint density at radius 1 is 1.26 bits per heavy atom. The number of halogens is 1. The maximum absolute atomic E-state index is 14.0. The van der Waals surface area contributed by atoms with Gasteiger partial charge in [0.1, 0.15) is 15.7 Å². The second-order valence-electron chi connectivity index (χ2n) is 7.62. The number of carbonyl (C=O) groups is 1. The fraction of sp³-hybridized carbons (Fsp3) is 0.524. The maximum atomic E-state index is 14.0. The van der Waals surface area contributed by atoms with Crippen LogP contribution in [0.1, 0.15) is 47.5 Å². The van der Waals surface area contributed by atoms with E-state index in [9.17, 15) is 9.18 Å². The SMILES string of the molecule is Cc1nc(-c2ccccc2F)sc1C(=O)NC[C@@H]1CCCN2CCCC[C@H]12. The third kappa shape index (κ3) is 3.92. The summed E-state index contributed by atoms with van der Waals surface area (Å²) in [6.07, 6.45) is 6.25. The second kappa shape index (κ2) is 8.07. The first-order chi connectivity index (χ1) is 13.1. The molecule has 0 saturated carbocycles. The van der Waals surface area contributed by atoms with Crippen LogP contribution in [0.2, 0.25) is 0 Å². The Balaban J connectivity index is 1.43. The molecule has 4 rings (SSSR count). The predicted octanol–water partition coefficient (Wildman–Crippen LogP) is 4.25. The molecule has 2 aromatic rings. The number of hydrogen-bond acceptors (Lipinski definition) is 4. The van der Waals surface area contributed by atoms with Crippen LogP contribution >= 0.6 is 11.3 Å². The van der Waals surface area contributed by atoms with E-state index in [1.165, 1.54) is 62.6 Å². The van der Waals surface area contributed by atoms with E-state index >= 15 is 0 Å². The smallest absolute Gasteiger partial charge is 0.263 e. The van der Waals surface area contributed by atoms with Gasteiger partial charge in [-0.2, -0.15) is 0 Å². The van der Waals surface area contributed by atoms with Gasteiger partial charge in [-0.3, -0.25) is 4.79 Å². The Morgan fingerprint density at radius 2 is 2.07 bits per heavy atom. The molecule has 0 unspecified atom stereocenters. The highest BCUT2D eigenvalue weighted by molar-refractivity contribution is 7.17. The molecule has 2 fully saturated rings. The van der Waals surface area contributed by atoms with Gasteiger partial charge >= 0.3 is 0 Å². The molecular formula is C21H26FN3OS. The van der Waals surface area contributed by atoms with Crippen LogP contribution in [0.25, 0.3) is 10.6 Å². The number of benzene rings is 1. The van der Waals surface area contributed by atoms with Gasteiger partial charge in [-0.05, 0) is 63.7 Å². The normalized spacial score (nSPS) is 23.0. The molecule has 1 N–H and O–H groups in total. The fourth-order valence-electron chi connectivity index (χ4n) is 4.48. The molecule has 2 aliphatic rings. The molecule has 27 heavy (non-hydrogen) atoms. The number of amides is 1. The average molecular weight is 388 g/mol. The largest absolute Gasteiger partial charge is 0.351 e. The summed E-state index contributed by atoms with van der Waals surface area (Å²) in [4.78, 5) is 20.4. The molecule has 3 heterocycles. The number of aromatic nitrogens is 1. The van der Waals surface area contributed by atoms with Crippen LogP contribution in [0.4, 0.5) is 4.39 Å². The lowest BCUT2D eigenvalue weighted by Gasteiger charge is -2.44. The molecule has 1 aromatic carbocycles. The number of aryl methyl sites for hydroxylation is 1. The first-order valence-electron chi connectivity index (χ1n) is 9.88. The highest BCUT2D eigenvalue weighted by Crippen LogP contribution is 2.32. The van der Waals surface area contributed by atoms with E-state index in [2.05, 4.69) is 15.2 Å². The zero-order valence-corrected chi connectivity index (χ0v) is 16.5. The van der Waals surface area contributed by atoms with Crippen LogP contribution in [-0.4, -0.2) is 41.5 Å². The van der Waals surface area contributed by atoms with Crippen molar-refractivity contribution < 1.29 is 9.18 Å². The van der Waals surface area contributed by atoms with Crippen molar-refractivity contribution in [3.8, 4) is 10.6 Å². The molecule has 144 valence electrons. The zero-order chi connectivity index (χ0) is 18.8. The highest BCUT2D eigenvalue weighted by atomic mass is 32.1. The lowest BCUT2D eigenvalue weighted by molar-refractivity contribution is 0.0576. The van der Waals surface area contributed by atoms with Crippen LogP contribution < -0.4 is 5.32 Å². The van der Waals surface area contributed by atoms with Crippen LogP contribution in [-0.2, 0) is 0 Å². The van der Waals surface area contributed by atoms with Crippen molar-refractivity contribution in [3.63, 3.8) is 0 Å². The minimum atomic E-state index is -0.308. The van der Waals surface area contributed by atoms with Crippen LogP contribution in [0.15, 0.2) is 24.3 Å². The molecule has 2 saturated heterocycles. The van der Waals surface area contributed by atoms with Crippen molar-refractivity contribution in [2.45, 2.75) is 45.1 Å². The summed E-state index contributed by atoms with van der Waals surface area (Å²) in [6.45, 7) is 4.94. The molecule has 0 spiro atoms. The van der Waals surface area contributed by atoms with Gasteiger partial charge in [0.25, 0.3) is 5.91 Å². The van der Waals surface area contributed by atoms with Gasteiger partial charge in [-0.1, -0.05) is 18.6 Å². The molecule has 1 amide bonds. The number of piperidine rings is 2. The molecule has 1 aromatic heterocycles. The van der Waals surface area contributed by atoms with Gasteiger partial charge < -0.3 is 10.2 Å². The molecule has 4 nitrogen and oxygen atoms in total. The summed E-state index contributed by atoms with van der Waals surface area (Å²) < 4.78 is 14.0. The number of nitrogens with zero attached hydrogens (tertiary/aromatic N) is 2. The summed E-state index contributed by atoms with van der Waals surface area (Å²) in [7, 11) is 0. The first-order valence-corrected chi connectivity index (χ1v) is 10.7. The van der Waals surface area contributed by atoms with Gasteiger partial charge in [-0.15, -0.1) is 11.3 Å². The average Bonchev–Trinajstić information content (AvgIpc) is 3.08. The number of fused-ring (bicyclic) bond motifs is 1. The molecule has 0 bridgehead atoms. The maximum Gasteiger partial charge on any atom is 0.263 e. The summed E-state index contributed by atoms with van der Waals surface area (Å²) in [5.41, 5.74) is 1.12. The van der Waals surface area contributed by atoms with Crippen molar-refractivity contribution >= 4 is 17.2 Å². The van der Waals surface area contributed by atoms with Gasteiger partial charge in [0.05, 0.1) is 5.69 Å². The summed E-state index contributed by atoms with van der Waals surface area (Å²) in [5.74, 6) is 0.139. The number of carbonyl (C=O) groups excluding carboxylic acids is 1. The monoisotopic (exact) mass is 387 g/mol. The Labute approximate surface area is 163 Å². The lowest BCUT2D eigenvalue weighted by atomic mass is 9.83. The summed E-state index contributed by atoms with van der Waals surface area (Å²) >= 11 is 1.27. The van der Waals surface area contributed by atoms with Gasteiger partial charge in [0.2, 0.25) is 0 Å². The van der Waals surface area contributed by atoms with Crippen molar-refractivity contribution in [2.24, 2.45) is 5.92 Å². The summed E-state index contributed by atoms with van der Waals surface area (Å²) in [6, 6.07) is 7.18. The fourth-order valence-corrected chi connectivity index (χ4v) is 5.49. The van der Waals surface area contributed by atoms with E-state index < -0.39 is 0 Å². The quantitative estimate of drug-likeness (QED) is 0.853. The van der Waals surface area contributed by atoms with E-state index in [4.69, 9.17) is 0 Å². The first kappa shape index (κ1) is 18.6. The van der Waals surface area contributed by atoms with E-state index in [1.54, 1.807) is 18.2 Å². The highest BCUT2D eigenvalue weighted by Gasteiger charge is 2.33. The number of nitrogens with one attached hydrogen (secondary N) is 1.